The lowest BCUT2D eigenvalue weighted by atomic mass is 9.84. The average Bonchev–Trinajstić information content (AvgIpc) is 2.67. The number of phenols is 1. The van der Waals surface area contributed by atoms with Crippen molar-refractivity contribution in [2.75, 3.05) is 18.5 Å². The van der Waals surface area contributed by atoms with Gasteiger partial charge in [-0.2, -0.15) is 0 Å². The van der Waals surface area contributed by atoms with Gasteiger partial charge in [0.25, 0.3) is 0 Å². The van der Waals surface area contributed by atoms with Gasteiger partial charge < -0.3 is 20.9 Å². The van der Waals surface area contributed by atoms with E-state index in [4.69, 9.17) is 10.5 Å². The quantitative estimate of drug-likeness (QED) is 0.703. The molecule has 1 aliphatic heterocycles. The molecule has 0 aromatic heterocycles. The molecule has 1 aromatic rings. The van der Waals surface area contributed by atoms with Gasteiger partial charge in [0.15, 0.2) is 0 Å². The Morgan fingerprint density at radius 3 is 2.79 bits per heavy atom. The fourth-order valence-corrected chi connectivity index (χ4v) is 2.24. The van der Waals surface area contributed by atoms with Gasteiger partial charge in [-0.05, 0) is 38.0 Å². The summed E-state index contributed by atoms with van der Waals surface area (Å²) in [5.41, 5.74) is 7.28. The SMILES string of the molecule is Cc1cc(C)c(O)c(NC(=O)C2(C)COCC2N)c1. The Bertz CT molecular complexity index is 516. The second-order valence-electron chi connectivity index (χ2n) is 5.47. The van der Waals surface area contributed by atoms with E-state index in [0.717, 1.165) is 11.1 Å². The highest BCUT2D eigenvalue weighted by molar-refractivity contribution is 5.97. The zero-order valence-electron chi connectivity index (χ0n) is 11.5. The van der Waals surface area contributed by atoms with Crippen LogP contribution in [0, 0.1) is 19.3 Å². The van der Waals surface area contributed by atoms with E-state index in [-0.39, 0.29) is 17.7 Å². The largest absolute Gasteiger partial charge is 0.505 e. The van der Waals surface area contributed by atoms with E-state index in [1.807, 2.05) is 13.0 Å². The first-order chi connectivity index (χ1) is 8.84. The van der Waals surface area contributed by atoms with Gasteiger partial charge in [0.05, 0.1) is 24.3 Å². The molecule has 0 spiro atoms. The molecule has 5 nitrogen and oxygen atoms in total. The third-order valence-electron chi connectivity index (χ3n) is 3.73. The van der Waals surface area contributed by atoms with Crippen LogP contribution in [0.4, 0.5) is 5.69 Å². The van der Waals surface area contributed by atoms with Crippen molar-refractivity contribution in [1.29, 1.82) is 0 Å². The molecular weight excluding hydrogens is 244 g/mol. The number of nitrogens with one attached hydrogen (secondary N) is 1. The van der Waals surface area contributed by atoms with E-state index in [1.54, 1.807) is 19.9 Å². The van der Waals surface area contributed by atoms with Crippen LogP contribution in [0.1, 0.15) is 18.1 Å². The summed E-state index contributed by atoms with van der Waals surface area (Å²) in [7, 11) is 0. The molecule has 4 N–H and O–H groups in total. The molecule has 1 aliphatic rings. The van der Waals surface area contributed by atoms with Crippen LogP contribution in [0.3, 0.4) is 0 Å². The Labute approximate surface area is 112 Å². The third kappa shape index (κ3) is 2.43. The third-order valence-corrected chi connectivity index (χ3v) is 3.73. The molecule has 2 unspecified atom stereocenters. The number of aromatic hydroxyl groups is 1. The van der Waals surface area contributed by atoms with Crippen molar-refractivity contribution in [1.82, 2.24) is 0 Å². The normalized spacial score (nSPS) is 26.4. The smallest absolute Gasteiger partial charge is 0.234 e. The number of anilines is 1. The Hall–Kier alpha value is -1.59. The molecule has 1 saturated heterocycles. The minimum Gasteiger partial charge on any atom is -0.505 e. The number of carbonyl (C=O) groups is 1. The predicted molar refractivity (Wildman–Crippen MR) is 73.1 cm³/mol. The number of benzene rings is 1. The summed E-state index contributed by atoms with van der Waals surface area (Å²) in [4.78, 5) is 12.3. The average molecular weight is 264 g/mol. The molecule has 2 atom stereocenters. The maximum atomic E-state index is 12.3. The molecule has 1 heterocycles. The van der Waals surface area contributed by atoms with Crippen molar-refractivity contribution in [2.45, 2.75) is 26.8 Å². The second-order valence-corrected chi connectivity index (χ2v) is 5.47. The summed E-state index contributed by atoms with van der Waals surface area (Å²) in [6, 6.07) is 3.27. The number of amides is 1. The Morgan fingerprint density at radius 1 is 1.53 bits per heavy atom. The Morgan fingerprint density at radius 2 is 2.21 bits per heavy atom. The lowest BCUT2D eigenvalue weighted by Crippen LogP contribution is -2.47. The standard InChI is InChI=1S/C14H20N2O3/c1-8-4-9(2)12(17)10(5-8)16-13(18)14(3)7-19-6-11(14)15/h4-5,11,17H,6-7,15H2,1-3H3,(H,16,18). The van der Waals surface area contributed by atoms with Gasteiger partial charge in [-0.15, -0.1) is 0 Å². The molecule has 1 fully saturated rings. The molecule has 104 valence electrons. The van der Waals surface area contributed by atoms with Crippen LogP contribution in [0.2, 0.25) is 0 Å². The van der Waals surface area contributed by atoms with Gasteiger partial charge in [-0.25, -0.2) is 0 Å². The fourth-order valence-electron chi connectivity index (χ4n) is 2.24. The molecule has 2 rings (SSSR count). The first kappa shape index (κ1) is 13.8. The zero-order valence-corrected chi connectivity index (χ0v) is 11.5. The van der Waals surface area contributed by atoms with E-state index < -0.39 is 5.41 Å². The van der Waals surface area contributed by atoms with Gasteiger partial charge >= 0.3 is 0 Å². The Kier molecular flexibility index (Phi) is 3.52. The monoisotopic (exact) mass is 264 g/mol. The van der Waals surface area contributed by atoms with Crippen LogP contribution in [-0.4, -0.2) is 30.3 Å². The molecule has 0 radical (unpaired) electrons. The number of hydrogen-bond acceptors (Lipinski definition) is 4. The van der Waals surface area contributed by atoms with E-state index >= 15 is 0 Å². The minimum atomic E-state index is -0.760. The summed E-state index contributed by atoms with van der Waals surface area (Å²) < 4.78 is 5.26. The summed E-state index contributed by atoms with van der Waals surface area (Å²) in [5, 5.41) is 12.7. The highest BCUT2D eigenvalue weighted by Crippen LogP contribution is 2.33. The number of phenolic OH excluding ortho intramolecular Hbond substituents is 1. The molecule has 5 heteroatoms. The maximum absolute atomic E-state index is 12.3. The van der Waals surface area contributed by atoms with Crippen molar-refractivity contribution in [2.24, 2.45) is 11.1 Å². The van der Waals surface area contributed by atoms with E-state index in [1.165, 1.54) is 0 Å². The molecule has 1 amide bonds. The van der Waals surface area contributed by atoms with Gasteiger partial charge in [-0.3, -0.25) is 4.79 Å². The van der Waals surface area contributed by atoms with Crippen LogP contribution in [-0.2, 0) is 9.53 Å². The van der Waals surface area contributed by atoms with Crippen LogP contribution in [0.25, 0.3) is 0 Å². The maximum Gasteiger partial charge on any atom is 0.234 e. The number of nitrogens with two attached hydrogens (primary N) is 1. The molecule has 19 heavy (non-hydrogen) atoms. The summed E-state index contributed by atoms with van der Waals surface area (Å²) >= 11 is 0. The van der Waals surface area contributed by atoms with E-state index in [9.17, 15) is 9.90 Å². The molecule has 0 saturated carbocycles. The number of carbonyl (C=O) groups excluding carboxylic acids is 1. The highest BCUT2D eigenvalue weighted by atomic mass is 16.5. The Balaban J connectivity index is 2.24. The van der Waals surface area contributed by atoms with Crippen molar-refractivity contribution in [3.8, 4) is 5.75 Å². The summed E-state index contributed by atoms with van der Waals surface area (Å²) in [6.45, 7) is 6.16. The van der Waals surface area contributed by atoms with Crippen LogP contribution in [0.5, 0.6) is 5.75 Å². The first-order valence-electron chi connectivity index (χ1n) is 6.29. The molecule has 0 bridgehead atoms. The zero-order chi connectivity index (χ0) is 14.2. The topological polar surface area (TPSA) is 84.6 Å². The van der Waals surface area contributed by atoms with E-state index in [0.29, 0.717) is 18.9 Å². The summed E-state index contributed by atoms with van der Waals surface area (Å²) in [6.07, 6.45) is 0. The van der Waals surface area contributed by atoms with Crippen molar-refractivity contribution >= 4 is 11.6 Å². The first-order valence-corrected chi connectivity index (χ1v) is 6.29. The molecule has 0 aliphatic carbocycles. The number of rotatable bonds is 2. The number of hydrogen-bond donors (Lipinski definition) is 3. The number of aryl methyl sites for hydroxylation is 2. The lowest BCUT2D eigenvalue weighted by Gasteiger charge is -2.25. The van der Waals surface area contributed by atoms with Gasteiger partial charge in [0.2, 0.25) is 5.91 Å². The van der Waals surface area contributed by atoms with Crippen molar-refractivity contribution < 1.29 is 14.6 Å². The van der Waals surface area contributed by atoms with Crippen LogP contribution >= 0.6 is 0 Å². The van der Waals surface area contributed by atoms with Crippen LogP contribution < -0.4 is 11.1 Å². The van der Waals surface area contributed by atoms with Crippen molar-refractivity contribution in [3.05, 3.63) is 23.3 Å². The number of ether oxygens (including phenoxy) is 1. The minimum absolute atomic E-state index is 0.0926. The highest BCUT2D eigenvalue weighted by Gasteiger charge is 2.44. The van der Waals surface area contributed by atoms with E-state index in [2.05, 4.69) is 5.32 Å². The van der Waals surface area contributed by atoms with Crippen molar-refractivity contribution in [3.63, 3.8) is 0 Å². The fraction of sp³-hybridized carbons (Fsp3) is 0.500. The lowest BCUT2D eigenvalue weighted by molar-refractivity contribution is -0.125. The second kappa shape index (κ2) is 4.83. The molecular formula is C14H20N2O3. The predicted octanol–water partition coefficient (Wildman–Crippen LogP) is 1.31. The summed E-state index contributed by atoms with van der Waals surface area (Å²) in [5.74, 6) is -0.132. The molecule has 1 aromatic carbocycles. The van der Waals surface area contributed by atoms with Gasteiger partial charge in [0.1, 0.15) is 5.75 Å². The van der Waals surface area contributed by atoms with Gasteiger partial charge in [-0.1, -0.05) is 6.07 Å². The van der Waals surface area contributed by atoms with Gasteiger partial charge in [0, 0.05) is 6.04 Å². The van der Waals surface area contributed by atoms with Crippen LogP contribution in [0.15, 0.2) is 12.1 Å².